The van der Waals surface area contributed by atoms with E-state index in [0.717, 1.165) is 32.8 Å². The predicted octanol–water partition coefficient (Wildman–Crippen LogP) is 5.49. The van der Waals surface area contributed by atoms with Gasteiger partial charge in [0.05, 0.1) is 11.0 Å². The Balaban J connectivity index is 1.63. The van der Waals surface area contributed by atoms with Crippen LogP contribution in [0.25, 0.3) is 44.3 Å². The van der Waals surface area contributed by atoms with Crippen LogP contribution in [-0.4, -0.2) is 15.2 Å². The van der Waals surface area contributed by atoms with E-state index in [1.807, 2.05) is 78.9 Å². The molecular formula is C27H16N2O2. The van der Waals surface area contributed by atoms with Crippen LogP contribution in [0.3, 0.4) is 0 Å². The van der Waals surface area contributed by atoms with Gasteiger partial charge in [-0.15, -0.1) is 0 Å². The number of fused-ring (bicyclic) bond motifs is 4. The second kappa shape index (κ2) is 6.61. The molecule has 0 radical (unpaired) electrons. The Morgan fingerprint density at radius 1 is 0.774 bits per heavy atom. The first kappa shape index (κ1) is 17.5. The normalized spacial score (nSPS) is 12.0. The van der Waals surface area contributed by atoms with Crippen molar-refractivity contribution in [3.63, 3.8) is 0 Å². The molecule has 0 atom stereocenters. The highest BCUT2D eigenvalue weighted by molar-refractivity contribution is 6.23. The largest absolute Gasteiger partial charge is 0.289 e. The number of benzene rings is 4. The number of ketones is 1. The van der Waals surface area contributed by atoms with E-state index in [1.54, 1.807) is 22.6 Å². The van der Waals surface area contributed by atoms with E-state index < -0.39 is 0 Å². The van der Waals surface area contributed by atoms with Crippen LogP contribution < -0.4 is 5.56 Å². The summed E-state index contributed by atoms with van der Waals surface area (Å²) in [5.74, 6) is -0.0981. The fourth-order valence-electron chi connectivity index (χ4n) is 4.34. The highest BCUT2D eigenvalue weighted by Crippen LogP contribution is 2.31. The summed E-state index contributed by atoms with van der Waals surface area (Å²) in [7, 11) is 0. The second-order valence-electron chi connectivity index (χ2n) is 7.56. The molecule has 0 unspecified atom stereocenters. The fraction of sp³-hybridized carbons (Fsp3) is 0. The summed E-state index contributed by atoms with van der Waals surface area (Å²) >= 11 is 0. The molecule has 4 heteroatoms. The van der Waals surface area contributed by atoms with Crippen molar-refractivity contribution < 1.29 is 4.79 Å². The summed E-state index contributed by atoms with van der Waals surface area (Å²) in [4.78, 5) is 31.1. The van der Waals surface area contributed by atoms with Gasteiger partial charge in [0, 0.05) is 21.7 Å². The van der Waals surface area contributed by atoms with E-state index in [0.29, 0.717) is 16.6 Å². The number of aromatic nitrogens is 2. The van der Waals surface area contributed by atoms with Gasteiger partial charge < -0.3 is 0 Å². The second-order valence-corrected chi connectivity index (χ2v) is 7.56. The summed E-state index contributed by atoms with van der Waals surface area (Å²) in [5, 5.41) is 3.01. The summed E-state index contributed by atoms with van der Waals surface area (Å²) in [6.07, 6.45) is 3.39. The maximum Gasteiger partial charge on any atom is 0.264 e. The highest BCUT2D eigenvalue weighted by Gasteiger charge is 2.18. The quantitative estimate of drug-likeness (QED) is 0.292. The Labute approximate surface area is 177 Å². The lowest BCUT2D eigenvalue weighted by atomic mass is 9.95. The summed E-state index contributed by atoms with van der Waals surface area (Å²) < 4.78 is 1.67. The molecule has 0 aliphatic carbocycles. The number of nitrogens with zero attached hydrogens (tertiary/aromatic N) is 2. The molecule has 4 nitrogen and oxygen atoms in total. The van der Waals surface area contributed by atoms with Gasteiger partial charge in [-0.3, -0.25) is 14.0 Å². The molecule has 0 saturated heterocycles. The van der Waals surface area contributed by atoms with Crippen molar-refractivity contribution in [3.8, 4) is 0 Å². The van der Waals surface area contributed by atoms with Gasteiger partial charge in [-0.2, -0.15) is 0 Å². The maximum atomic E-state index is 13.4. The van der Waals surface area contributed by atoms with Crippen molar-refractivity contribution in [2.75, 3.05) is 0 Å². The van der Waals surface area contributed by atoms with Crippen LogP contribution in [0.5, 0.6) is 0 Å². The molecule has 2 heterocycles. The third-order valence-corrected chi connectivity index (χ3v) is 5.77. The molecule has 0 aliphatic rings. The Bertz CT molecular complexity index is 1710. The lowest BCUT2D eigenvalue weighted by Gasteiger charge is -2.10. The standard InChI is InChI=1S/C27H16N2O2/c30-24(16-13-17-7-2-1-3-8-17)18-14-15-21-25-19(18)9-6-10-20(25)26-28-22-11-4-5-12-23(22)29(26)27(21)31/h1-16H. The first-order valence-corrected chi connectivity index (χ1v) is 10.1. The van der Waals surface area contributed by atoms with Gasteiger partial charge in [0.15, 0.2) is 5.78 Å². The molecule has 2 aromatic heterocycles. The zero-order valence-electron chi connectivity index (χ0n) is 16.4. The molecule has 0 fully saturated rings. The van der Waals surface area contributed by atoms with Crippen LogP contribution in [0.4, 0.5) is 0 Å². The third kappa shape index (κ3) is 2.58. The van der Waals surface area contributed by atoms with Gasteiger partial charge in [-0.1, -0.05) is 66.7 Å². The van der Waals surface area contributed by atoms with Crippen molar-refractivity contribution in [2.24, 2.45) is 0 Å². The van der Waals surface area contributed by atoms with Crippen LogP contribution in [0.2, 0.25) is 0 Å². The molecule has 4 aromatic carbocycles. The molecule has 0 aliphatic heterocycles. The third-order valence-electron chi connectivity index (χ3n) is 5.77. The number of para-hydroxylation sites is 2. The number of imidazole rings is 1. The topological polar surface area (TPSA) is 51.4 Å². The number of carbonyl (C=O) groups is 1. The number of allylic oxidation sites excluding steroid dienone is 1. The van der Waals surface area contributed by atoms with Gasteiger partial charge >= 0.3 is 0 Å². The predicted molar refractivity (Wildman–Crippen MR) is 125 cm³/mol. The minimum atomic E-state index is -0.119. The average Bonchev–Trinajstić information content (AvgIpc) is 3.21. The molecule has 0 bridgehead atoms. The summed E-state index contributed by atoms with van der Waals surface area (Å²) in [6, 6.07) is 26.6. The lowest BCUT2D eigenvalue weighted by molar-refractivity contribution is 0.104. The van der Waals surface area contributed by atoms with E-state index in [2.05, 4.69) is 0 Å². The Morgan fingerprint density at radius 3 is 2.42 bits per heavy atom. The van der Waals surface area contributed by atoms with E-state index in [1.165, 1.54) is 0 Å². The van der Waals surface area contributed by atoms with Gasteiger partial charge in [-0.25, -0.2) is 4.98 Å². The Morgan fingerprint density at radius 2 is 1.55 bits per heavy atom. The molecule has 6 rings (SSSR count). The van der Waals surface area contributed by atoms with Crippen LogP contribution >= 0.6 is 0 Å². The van der Waals surface area contributed by atoms with Crippen LogP contribution in [0.15, 0.2) is 95.8 Å². The first-order chi connectivity index (χ1) is 15.2. The number of carbonyl (C=O) groups excluding carboxylic acids is 1. The van der Waals surface area contributed by atoms with Crippen molar-refractivity contribution in [2.45, 2.75) is 0 Å². The molecule has 31 heavy (non-hydrogen) atoms. The minimum Gasteiger partial charge on any atom is -0.289 e. The van der Waals surface area contributed by atoms with Gasteiger partial charge in [0.25, 0.3) is 5.56 Å². The number of hydrogen-bond donors (Lipinski definition) is 0. The smallest absolute Gasteiger partial charge is 0.264 e. The minimum absolute atomic E-state index is 0.0981. The Hall–Kier alpha value is -4.31. The summed E-state index contributed by atoms with van der Waals surface area (Å²) in [5.41, 5.74) is 3.60. The zero-order valence-corrected chi connectivity index (χ0v) is 16.4. The van der Waals surface area contributed by atoms with E-state index in [4.69, 9.17) is 4.98 Å². The van der Waals surface area contributed by atoms with Crippen LogP contribution in [-0.2, 0) is 0 Å². The molecule has 0 amide bonds. The van der Waals surface area contributed by atoms with Crippen molar-refractivity contribution in [1.82, 2.24) is 9.38 Å². The molecular weight excluding hydrogens is 384 g/mol. The highest BCUT2D eigenvalue weighted by atomic mass is 16.1. The molecule has 6 aromatic rings. The average molecular weight is 400 g/mol. The Kier molecular flexibility index (Phi) is 3.74. The van der Waals surface area contributed by atoms with E-state index in [9.17, 15) is 9.59 Å². The van der Waals surface area contributed by atoms with Crippen molar-refractivity contribution >= 4 is 50.1 Å². The first-order valence-electron chi connectivity index (χ1n) is 10.1. The SMILES string of the molecule is O=C(C=Cc1ccccc1)c1ccc2c(=O)n3c4ccccc4nc3c3cccc1c23. The number of rotatable bonds is 3. The molecule has 0 spiro atoms. The maximum absolute atomic E-state index is 13.4. The van der Waals surface area contributed by atoms with Gasteiger partial charge in [0.1, 0.15) is 5.65 Å². The molecule has 146 valence electrons. The lowest BCUT2D eigenvalue weighted by Crippen LogP contribution is -2.13. The zero-order chi connectivity index (χ0) is 20.9. The number of hydrogen-bond acceptors (Lipinski definition) is 3. The monoisotopic (exact) mass is 400 g/mol. The summed E-state index contributed by atoms with van der Waals surface area (Å²) in [6.45, 7) is 0. The van der Waals surface area contributed by atoms with Crippen LogP contribution in [0, 0.1) is 0 Å². The van der Waals surface area contributed by atoms with Gasteiger partial charge in [0.2, 0.25) is 0 Å². The molecule has 0 N–H and O–H groups in total. The van der Waals surface area contributed by atoms with Gasteiger partial charge in [-0.05, 0) is 41.3 Å². The van der Waals surface area contributed by atoms with Crippen LogP contribution in [0.1, 0.15) is 15.9 Å². The number of pyridine rings is 1. The fourth-order valence-corrected chi connectivity index (χ4v) is 4.34. The van der Waals surface area contributed by atoms with E-state index >= 15 is 0 Å². The van der Waals surface area contributed by atoms with Crippen molar-refractivity contribution in [3.05, 3.63) is 112 Å². The van der Waals surface area contributed by atoms with E-state index in [-0.39, 0.29) is 11.3 Å². The van der Waals surface area contributed by atoms with Crippen molar-refractivity contribution in [1.29, 1.82) is 0 Å². The molecule has 0 saturated carbocycles.